The van der Waals surface area contributed by atoms with Gasteiger partial charge in [0.05, 0.1) is 0 Å². The molecule has 0 atom stereocenters. The van der Waals surface area contributed by atoms with Gasteiger partial charge in [-0.2, -0.15) is 0 Å². The Labute approximate surface area is 116 Å². The van der Waals surface area contributed by atoms with Crippen LogP contribution in [-0.4, -0.2) is 0 Å². The minimum atomic E-state index is 0.930. The highest BCUT2D eigenvalue weighted by molar-refractivity contribution is 5.30. The summed E-state index contributed by atoms with van der Waals surface area (Å²) in [7, 11) is 0. The molecular formula is C18H23N. The van der Waals surface area contributed by atoms with Crippen molar-refractivity contribution in [1.29, 1.82) is 0 Å². The van der Waals surface area contributed by atoms with E-state index in [1.807, 2.05) is 0 Å². The highest BCUT2D eigenvalue weighted by Gasteiger charge is 2.00. The summed E-state index contributed by atoms with van der Waals surface area (Å²) in [6.45, 7) is 8.41. The lowest BCUT2D eigenvalue weighted by atomic mass is 10.0. The monoisotopic (exact) mass is 253 g/mol. The summed E-state index contributed by atoms with van der Waals surface area (Å²) in [6, 6.07) is 15.3. The Kier molecular flexibility index (Phi) is 4.75. The maximum Gasteiger partial charge on any atom is 0.0211 e. The summed E-state index contributed by atoms with van der Waals surface area (Å²) >= 11 is 0. The molecule has 0 spiro atoms. The van der Waals surface area contributed by atoms with Crippen LogP contribution in [0.1, 0.15) is 34.7 Å². The van der Waals surface area contributed by atoms with Gasteiger partial charge in [-0.05, 0) is 48.1 Å². The van der Waals surface area contributed by atoms with Crippen molar-refractivity contribution >= 4 is 0 Å². The zero-order valence-electron chi connectivity index (χ0n) is 12.2. The standard InChI is InChI=1S/C18H23N/c1-4-17-7-5-6-8-18(17)13-19-12-16-10-9-14(2)15(3)11-16/h5-11,19H,4,12-13H2,1-3H3. The molecule has 0 saturated heterocycles. The molecule has 0 saturated carbocycles. The Balaban J connectivity index is 1.94. The Morgan fingerprint density at radius 2 is 1.58 bits per heavy atom. The number of hydrogen-bond acceptors (Lipinski definition) is 1. The molecule has 2 aromatic carbocycles. The van der Waals surface area contributed by atoms with Gasteiger partial charge in [0.2, 0.25) is 0 Å². The van der Waals surface area contributed by atoms with E-state index in [4.69, 9.17) is 0 Å². The Bertz CT molecular complexity index is 543. The van der Waals surface area contributed by atoms with E-state index in [1.165, 1.54) is 27.8 Å². The van der Waals surface area contributed by atoms with Crippen LogP contribution in [0.15, 0.2) is 42.5 Å². The van der Waals surface area contributed by atoms with Crippen molar-refractivity contribution in [3.63, 3.8) is 0 Å². The van der Waals surface area contributed by atoms with Crippen LogP contribution in [0.5, 0.6) is 0 Å². The van der Waals surface area contributed by atoms with E-state index in [0.717, 1.165) is 19.5 Å². The predicted octanol–water partition coefficient (Wildman–Crippen LogP) is 4.16. The van der Waals surface area contributed by atoms with Gasteiger partial charge in [-0.15, -0.1) is 0 Å². The van der Waals surface area contributed by atoms with E-state index in [2.05, 4.69) is 68.6 Å². The molecule has 0 unspecified atom stereocenters. The van der Waals surface area contributed by atoms with Crippen molar-refractivity contribution in [3.8, 4) is 0 Å². The van der Waals surface area contributed by atoms with E-state index < -0.39 is 0 Å². The van der Waals surface area contributed by atoms with Crippen LogP contribution in [0.3, 0.4) is 0 Å². The number of nitrogens with one attached hydrogen (secondary N) is 1. The maximum absolute atomic E-state index is 3.54. The van der Waals surface area contributed by atoms with Gasteiger partial charge in [0.25, 0.3) is 0 Å². The first-order chi connectivity index (χ1) is 9.20. The maximum atomic E-state index is 3.54. The summed E-state index contributed by atoms with van der Waals surface area (Å²) in [4.78, 5) is 0. The van der Waals surface area contributed by atoms with Crippen LogP contribution < -0.4 is 5.32 Å². The molecule has 0 aliphatic rings. The average molecular weight is 253 g/mol. The lowest BCUT2D eigenvalue weighted by Gasteiger charge is -2.10. The minimum absolute atomic E-state index is 0.930. The highest BCUT2D eigenvalue weighted by Crippen LogP contribution is 2.11. The van der Waals surface area contributed by atoms with Crippen molar-refractivity contribution in [3.05, 3.63) is 70.3 Å². The normalized spacial score (nSPS) is 10.7. The lowest BCUT2D eigenvalue weighted by Crippen LogP contribution is -2.14. The van der Waals surface area contributed by atoms with Crippen LogP contribution in [0.2, 0.25) is 0 Å². The van der Waals surface area contributed by atoms with Gasteiger partial charge < -0.3 is 5.32 Å². The third-order valence-electron chi connectivity index (χ3n) is 3.72. The van der Waals surface area contributed by atoms with Gasteiger partial charge >= 0.3 is 0 Å². The van der Waals surface area contributed by atoms with Crippen LogP contribution in [0, 0.1) is 13.8 Å². The van der Waals surface area contributed by atoms with Crippen molar-refractivity contribution in [2.24, 2.45) is 0 Å². The molecule has 1 heteroatoms. The number of aryl methyl sites for hydroxylation is 3. The molecule has 1 nitrogen and oxygen atoms in total. The van der Waals surface area contributed by atoms with E-state index in [1.54, 1.807) is 0 Å². The molecule has 100 valence electrons. The fourth-order valence-corrected chi connectivity index (χ4v) is 2.33. The zero-order valence-corrected chi connectivity index (χ0v) is 12.2. The quantitative estimate of drug-likeness (QED) is 0.844. The van der Waals surface area contributed by atoms with Crippen molar-refractivity contribution < 1.29 is 0 Å². The predicted molar refractivity (Wildman–Crippen MR) is 82.3 cm³/mol. The Hall–Kier alpha value is -1.60. The van der Waals surface area contributed by atoms with Crippen LogP contribution in [-0.2, 0) is 19.5 Å². The SMILES string of the molecule is CCc1ccccc1CNCc1ccc(C)c(C)c1. The summed E-state index contributed by atoms with van der Waals surface area (Å²) in [5.74, 6) is 0. The van der Waals surface area contributed by atoms with E-state index >= 15 is 0 Å². The van der Waals surface area contributed by atoms with Gasteiger partial charge in [-0.3, -0.25) is 0 Å². The van der Waals surface area contributed by atoms with Crippen LogP contribution in [0.4, 0.5) is 0 Å². The molecule has 0 radical (unpaired) electrons. The smallest absolute Gasteiger partial charge is 0.0211 e. The Morgan fingerprint density at radius 1 is 0.842 bits per heavy atom. The minimum Gasteiger partial charge on any atom is -0.309 e. The Morgan fingerprint density at radius 3 is 2.26 bits per heavy atom. The average Bonchev–Trinajstić information content (AvgIpc) is 2.43. The molecule has 2 rings (SSSR count). The zero-order chi connectivity index (χ0) is 13.7. The van der Waals surface area contributed by atoms with Gasteiger partial charge in [-0.1, -0.05) is 49.4 Å². The lowest BCUT2D eigenvalue weighted by molar-refractivity contribution is 0.688. The van der Waals surface area contributed by atoms with Gasteiger partial charge in [-0.25, -0.2) is 0 Å². The molecule has 0 bridgehead atoms. The second kappa shape index (κ2) is 6.53. The van der Waals surface area contributed by atoms with Crippen LogP contribution >= 0.6 is 0 Å². The number of benzene rings is 2. The summed E-state index contributed by atoms with van der Waals surface area (Å²) in [6.07, 6.45) is 1.10. The van der Waals surface area contributed by atoms with E-state index in [-0.39, 0.29) is 0 Å². The largest absolute Gasteiger partial charge is 0.309 e. The molecular weight excluding hydrogens is 230 g/mol. The molecule has 2 aromatic rings. The summed E-state index contributed by atoms with van der Waals surface area (Å²) in [5.41, 5.74) is 6.94. The third-order valence-corrected chi connectivity index (χ3v) is 3.72. The van der Waals surface area contributed by atoms with Crippen molar-refractivity contribution in [2.45, 2.75) is 40.3 Å². The molecule has 0 aliphatic heterocycles. The third kappa shape index (κ3) is 3.68. The fourth-order valence-electron chi connectivity index (χ4n) is 2.33. The molecule has 0 aliphatic carbocycles. The van der Waals surface area contributed by atoms with E-state index in [9.17, 15) is 0 Å². The summed E-state index contributed by atoms with van der Waals surface area (Å²) < 4.78 is 0. The second-order valence-electron chi connectivity index (χ2n) is 5.14. The summed E-state index contributed by atoms with van der Waals surface area (Å²) in [5, 5.41) is 3.54. The molecule has 0 amide bonds. The van der Waals surface area contributed by atoms with E-state index in [0.29, 0.717) is 0 Å². The molecule has 0 fully saturated rings. The van der Waals surface area contributed by atoms with Crippen molar-refractivity contribution in [2.75, 3.05) is 0 Å². The fraction of sp³-hybridized carbons (Fsp3) is 0.333. The first-order valence-corrected chi connectivity index (χ1v) is 7.04. The molecule has 1 N–H and O–H groups in total. The first-order valence-electron chi connectivity index (χ1n) is 7.04. The van der Waals surface area contributed by atoms with Gasteiger partial charge in [0.1, 0.15) is 0 Å². The van der Waals surface area contributed by atoms with Crippen LogP contribution in [0.25, 0.3) is 0 Å². The first kappa shape index (κ1) is 13.8. The number of hydrogen-bond donors (Lipinski definition) is 1. The molecule has 19 heavy (non-hydrogen) atoms. The number of rotatable bonds is 5. The second-order valence-corrected chi connectivity index (χ2v) is 5.14. The molecule has 0 heterocycles. The van der Waals surface area contributed by atoms with Gasteiger partial charge in [0.15, 0.2) is 0 Å². The highest BCUT2D eigenvalue weighted by atomic mass is 14.8. The van der Waals surface area contributed by atoms with Gasteiger partial charge in [0, 0.05) is 13.1 Å². The topological polar surface area (TPSA) is 12.0 Å². The van der Waals surface area contributed by atoms with Crippen molar-refractivity contribution in [1.82, 2.24) is 5.32 Å². The molecule has 0 aromatic heterocycles.